The van der Waals surface area contributed by atoms with Gasteiger partial charge in [0.05, 0.1) is 12.1 Å². The predicted octanol–water partition coefficient (Wildman–Crippen LogP) is 4.29. The van der Waals surface area contributed by atoms with Crippen molar-refractivity contribution in [1.29, 1.82) is 0 Å². The Hall–Kier alpha value is -2.55. The molecule has 0 bridgehead atoms. The molecule has 168 valence electrons. The van der Waals surface area contributed by atoms with Crippen LogP contribution >= 0.6 is 24.6 Å². The summed E-state index contributed by atoms with van der Waals surface area (Å²) in [5, 5.41) is 2.86. The van der Waals surface area contributed by atoms with E-state index in [-0.39, 0.29) is 24.9 Å². The zero-order valence-electron chi connectivity index (χ0n) is 17.9. The Kier molecular flexibility index (Phi) is 9.40. The smallest absolute Gasteiger partial charge is 0.308 e. The molecule has 0 radical (unpaired) electrons. The van der Waals surface area contributed by atoms with Crippen molar-refractivity contribution in [3.05, 3.63) is 65.7 Å². The zero-order chi connectivity index (χ0) is 22.8. The van der Waals surface area contributed by atoms with E-state index in [4.69, 9.17) is 4.74 Å². The van der Waals surface area contributed by atoms with Crippen LogP contribution in [0.15, 0.2) is 64.5 Å². The lowest BCUT2D eigenvalue weighted by molar-refractivity contribution is -0.148. The maximum absolute atomic E-state index is 12.5. The average molecular weight is 470 g/mol. The number of para-hydroxylation sites is 1. The Morgan fingerprint density at radius 2 is 2.03 bits per heavy atom. The van der Waals surface area contributed by atoms with Gasteiger partial charge in [0.1, 0.15) is 12.6 Å². The standard InChI is InChI=1S/C23H23N3O3S.CH4S/c27-21(29-16-17-7-2-1-3-8-17)15-19-23(28)25-13-14-26(19)30-20-11-6-10-18-9-4-5-12-24-22(18)20;1-2/h1-4,6-12,19H,5,13-16H2,(H,25,28);2H,1H3/t19-;/m1./s1. The van der Waals surface area contributed by atoms with Crippen LogP contribution in [0.2, 0.25) is 0 Å². The topological polar surface area (TPSA) is 71.0 Å². The quantitative estimate of drug-likeness (QED) is 0.375. The van der Waals surface area contributed by atoms with Gasteiger partial charge in [-0.05, 0) is 29.8 Å². The first-order valence-corrected chi connectivity index (χ1v) is 12.1. The van der Waals surface area contributed by atoms with Crippen molar-refractivity contribution in [3.8, 4) is 0 Å². The number of fused-ring (bicyclic) bond motifs is 1. The largest absolute Gasteiger partial charge is 0.461 e. The first kappa shape index (κ1) is 24.1. The number of hydrogen-bond donors (Lipinski definition) is 2. The molecule has 0 aliphatic carbocycles. The van der Waals surface area contributed by atoms with Crippen molar-refractivity contribution in [2.75, 3.05) is 19.3 Å². The first-order chi connectivity index (χ1) is 15.7. The SMILES string of the molecule is CS.O=C(C[C@@H]1C(=O)NCCN1Sc1cccc2c1N=CCC=C2)OCc1ccccc1. The van der Waals surface area contributed by atoms with Crippen LogP contribution in [0.1, 0.15) is 24.0 Å². The number of aliphatic imine (C=N–C) groups is 1. The van der Waals surface area contributed by atoms with Crippen molar-refractivity contribution in [3.63, 3.8) is 0 Å². The Labute approximate surface area is 198 Å². The molecule has 1 atom stereocenters. The van der Waals surface area contributed by atoms with Crippen molar-refractivity contribution < 1.29 is 14.3 Å². The number of hydrogen-bond acceptors (Lipinski definition) is 7. The van der Waals surface area contributed by atoms with Gasteiger partial charge in [0, 0.05) is 36.2 Å². The van der Waals surface area contributed by atoms with E-state index in [2.05, 4.69) is 35.1 Å². The van der Waals surface area contributed by atoms with E-state index in [9.17, 15) is 9.59 Å². The summed E-state index contributed by atoms with van der Waals surface area (Å²) in [4.78, 5) is 30.5. The minimum absolute atomic E-state index is 0.00383. The van der Waals surface area contributed by atoms with Crippen LogP contribution in [-0.4, -0.2) is 47.8 Å². The van der Waals surface area contributed by atoms with Gasteiger partial charge in [-0.25, -0.2) is 4.31 Å². The summed E-state index contributed by atoms with van der Waals surface area (Å²) in [6.07, 6.45) is 8.51. The third-order valence-electron chi connectivity index (χ3n) is 4.89. The van der Waals surface area contributed by atoms with Crippen LogP contribution < -0.4 is 5.32 Å². The van der Waals surface area contributed by atoms with E-state index in [1.165, 1.54) is 11.9 Å². The Morgan fingerprint density at radius 3 is 2.84 bits per heavy atom. The van der Waals surface area contributed by atoms with Gasteiger partial charge in [-0.1, -0.05) is 54.6 Å². The molecule has 6 nitrogen and oxygen atoms in total. The Balaban J connectivity index is 0.00000141. The molecular weight excluding hydrogens is 442 g/mol. The van der Waals surface area contributed by atoms with Gasteiger partial charge < -0.3 is 10.1 Å². The lowest BCUT2D eigenvalue weighted by Crippen LogP contribution is -2.53. The maximum Gasteiger partial charge on any atom is 0.308 e. The average Bonchev–Trinajstić information content (AvgIpc) is 3.08. The summed E-state index contributed by atoms with van der Waals surface area (Å²) in [7, 11) is 0. The fourth-order valence-electron chi connectivity index (χ4n) is 3.36. The van der Waals surface area contributed by atoms with Crippen molar-refractivity contribution in [1.82, 2.24) is 9.62 Å². The normalized spacial score (nSPS) is 17.4. The molecule has 32 heavy (non-hydrogen) atoms. The van der Waals surface area contributed by atoms with Gasteiger partial charge in [0.2, 0.25) is 5.91 Å². The number of nitrogens with one attached hydrogen (secondary N) is 1. The minimum atomic E-state index is -0.590. The van der Waals surface area contributed by atoms with E-state index in [0.29, 0.717) is 13.1 Å². The molecule has 0 saturated carbocycles. The van der Waals surface area contributed by atoms with Crippen LogP contribution in [-0.2, 0) is 20.9 Å². The highest BCUT2D eigenvalue weighted by atomic mass is 32.2. The number of thiol groups is 1. The summed E-state index contributed by atoms with van der Waals surface area (Å²) in [6, 6.07) is 14.9. The number of piperazine rings is 1. The number of benzene rings is 2. The highest BCUT2D eigenvalue weighted by Crippen LogP contribution is 2.37. The number of ether oxygens (including phenoxy) is 1. The highest BCUT2D eigenvalue weighted by Gasteiger charge is 2.33. The fourth-order valence-corrected chi connectivity index (χ4v) is 4.49. The van der Waals surface area contributed by atoms with E-state index in [0.717, 1.165) is 28.1 Å². The highest BCUT2D eigenvalue weighted by molar-refractivity contribution is 7.97. The minimum Gasteiger partial charge on any atom is -0.461 e. The number of carbonyl (C=O) groups excluding carboxylic acids is 2. The molecule has 2 aromatic carbocycles. The summed E-state index contributed by atoms with van der Waals surface area (Å²) >= 11 is 5.00. The van der Waals surface area contributed by atoms with Gasteiger partial charge in [-0.2, -0.15) is 12.6 Å². The molecule has 0 aromatic heterocycles. The zero-order valence-corrected chi connectivity index (χ0v) is 19.6. The van der Waals surface area contributed by atoms with Crippen LogP contribution in [0.4, 0.5) is 5.69 Å². The summed E-state index contributed by atoms with van der Waals surface area (Å²) in [5.74, 6) is -0.546. The van der Waals surface area contributed by atoms with Gasteiger partial charge in [0.15, 0.2) is 0 Å². The number of allylic oxidation sites excluding steroid dienone is 1. The molecular formula is C24H27N3O3S2. The summed E-state index contributed by atoms with van der Waals surface area (Å²) < 4.78 is 7.36. The van der Waals surface area contributed by atoms with Gasteiger partial charge in [-0.3, -0.25) is 14.6 Å². The second-order valence-electron chi connectivity index (χ2n) is 7.03. The third-order valence-corrected chi connectivity index (χ3v) is 6.09. The van der Waals surface area contributed by atoms with Crippen molar-refractivity contribution in [2.24, 2.45) is 4.99 Å². The number of carbonyl (C=O) groups is 2. The molecule has 2 aliphatic heterocycles. The number of rotatable bonds is 6. The Morgan fingerprint density at radius 1 is 1.22 bits per heavy atom. The van der Waals surface area contributed by atoms with E-state index in [1.807, 2.05) is 59.1 Å². The van der Waals surface area contributed by atoms with Gasteiger partial charge >= 0.3 is 5.97 Å². The number of amides is 1. The lowest BCUT2D eigenvalue weighted by Gasteiger charge is -2.33. The molecule has 2 aromatic rings. The number of nitrogens with zero attached hydrogens (tertiary/aromatic N) is 2. The molecule has 0 spiro atoms. The molecule has 4 rings (SSSR count). The molecule has 1 saturated heterocycles. The second kappa shape index (κ2) is 12.5. The maximum atomic E-state index is 12.5. The predicted molar refractivity (Wildman–Crippen MR) is 133 cm³/mol. The van der Waals surface area contributed by atoms with Crippen LogP contribution in [0, 0.1) is 0 Å². The molecule has 1 amide bonds. The summed E-state index contributed by atoms with van der Waals surface area (Å²) in [5.41, 5.74) is 2.87. The van der Waals surface area contributed by atoms with Gasteiger partial charge in [-0.15, -0.1) is 0 Å². The van der Waals surface area contributed by atoms with Crippen molar-refractivity contribution in [2.45, 2.75) is 30.4 Å². The molecule has 0 unspecified atom stereocenters. The lowest BCUT2D eigenvalue weighted by atomic mass is 10.1. The van der Waals surface area contributed by atoms with Gasteiger partial charge in [0.25, 0.3) is 0 Å². The van der Waals surface area contributed by atoms with E-state index < -0.39 is 6.04 Å². The molecule has 8 heteroatoms. The monoisotopic (exact) mass is 469 g/mol. The fraction of sp³-hybridized carbons (Fsp3) is 0.292. The molecule has 2 aliphatic rings. The Bertz CT molecular complexity index is 980. The molecule has 1 N–H and O–H groups in total. The van der Waals surface area contributed by atoms with Crippen molar-refractivity contribution >= 4 is 54.4 Å². The molecule has 2 heterocycles. The van der Waals surface area contributed by atoms with Crippen LogP contribution in [0.25, 0.3) is 6.08 Å². The molecule has 1 fully saturated rings. The van der Waals surface area contributed by atoms with Crippen LogP contribution in [0.5, 0.6) is 0 Å². The van der Waals surface area contributed by atoms with E-state index in [1.54, 1.807) is 6.26 Å². The summed E-state index contributed by atoms with van der Waals surface area (Å²) in [6.45, 7) is 1.38. The number of esters is 1. The third kappa shape index (κ3) is 6.48. The second-order valence-corrected chi connectivity index (χ2v) is 8.12. The van der Waals surface area contributed by atoms with E-state index >= 15 is 0 Å². The first-order valence-electron chi connectivity index (χ1n) is 10.4. The van der Waals surface area contributed by atoms with Crippen LogP contribution in [0.3, 0.4) is 0 Å².